The molecule has 0 aromatic carbocycles. The molecule has 2 heterocycles. The van der Waals surface area contributed by atoms with Gasteiger partial charge in [-0.2, -0.15) is 0 Å². The van der Waals surface area contributed by atoms with Gasteiger partial charge in [-0.05, 0) is 69.3 Å². The molecule has 30 heavy (non-hydrogen) atoms. The van der Waals surface area contributed by atoms with E-state index in [0.717, 1.165) is 57.3 Å². The number of aromatic nitrogens is 1. The number of amides is 2. The summed E-state index contributed by atoms with van der Waals surface area (Å²) in [6.45, 7) is 6.08. The van der Waals surface area contributed by atoms with Crippen molar-refractivity contribution < 1.29 is 19.1 Å². The standard InChI is InChI=1S/C21H32N4O4S/c1-3-5-15-29-21(27)25-13-11-16(12-14-25)9-10-17-7-6-8-18(22-17)23-19(30)24-20(26)28-4-2/h6-8,16H,3-5,9-15H2,1-2H3,(H2,22,23,24,26,30). The summed E-state index contributed by atoms with van der Waals surface area (Å²) >= 11 is 5.10. The fourth-order valence-electron chi connectivity index (χ4n) is 3.25. The molecule has 166 valence electrons. The van der Waals surface area contributed by atoms with Gasteiger partial charge in [-0.1, -0.05) is 19.4 Å². The van der Waals surface area contributed by atoms with Crippen molar-refractivity contribution in [3.8, 4) is 0 Å². The van der Waals surface area contributed by atoms with Gasteiger partial charge in [0, 0.05) is 18.8 Å². The van der Waals surface area contributed by atoms with E-state index in [1.807, 2.05) is 17.0 Å². The monoisotopic (exact) mass is 436 g/mol. The van der Waals surface area contributed by atoms with Crippen LogP contribution in [0.3, 0.4) is 0 Å². The molecule has 0 atom stereocenters. The molecule has 1 aromatic rings. The molecule has 2 amide bonds. The Balaban J connectivity index is 1.73. The fourth-order valence-corrected chi connectivity index (χ4v) is 3.44. The molecule has 2 N–H and O–H groups in total. The normalized spacial score (nSPS) is 14.1. The molecule has 1 aliphatic heterocycles. The minimum Gasteiger partial charge on any atom is -0.450 e. The lowest BCUT2D eigenvalue weighted by molar-refractivity contribution is 0.0859. The molecule has 1 aromatic heterocycles. The Bertz CT molecular complexity index is 708. The first kappa shape index (κ1) is 23.9. The molecule has 0 unspecified atom stereocenters. The first-order chi connectivity index (χ1) is 14.5. The van der Waals surface area contributed by atoms with Crippen molar-refractivity contribution >= 4 is 35.3 Å². The summed E-state index contributed by atoms with van der Waals surface area (Å²) in [7, 11) is 0. The molecule has 1 saturated heterocycles. The van der Waals surface area contributed by atoms with Crippen molar-refractivity contribution in [1.82, 2.24) is 15.2 Å². The molecule has 1 fully saturated rings. The van der Waals surface area contributed by atoms with Crippen molar-refractivity contribution in [2.24, 2.45) is 5.92 Å². The van der Waals surface area contributed by atoms with Crippen LogP contribution >= 0.6 is 12.2 Å². The van der Waals surface area contributed by atoms with Crippen LogP contribution in [-0.4, -0.2) is 53.5 Å². The second-order valence-corrected chi connectivity index (χ2v) is 7.66. The molecule has 2 rings (SSSR count). The lowest BCUT2D eigenvalue weighted by Crippen LogP contribution is -2.39. The topological polar surface area (TPSA) is 92.8 Å². The molecule has 1 aliphatic rings. The summed E-state index contributed by atoms with van der Waals surface area (Å²) in [6, 6.07) is 5.69. The number of nitrogens with zero attached hydrogens (tertiary/aromatic N) is 2. The third-order valence-electron chi connectivity index (χ3n) is 4.94. The van der Waals surface area contributed by atoms with E-state index < -0.39 is 6.09 Å². The van der Waals surface area contributed by atoms with E-state index in [9.17, 15) is 9.59 Å². The van der Waals surface area contributed by atoms with Gasteiger partial charge in [0.05, 0.1) is 13.2 Å². The van der Waals surface area contributed by atoms with Crippen LogP contribution in [0.15, 0.2) is 18.2 Å². The van der Waals surface area contributed by atoms with E-state index in [1.165, 1.54) is 0 Å². The van der Waals surface area contributed by atoms with E-state index in [-0.39, 0.29) is 17.8 Å². The Morgan fingerprint density at radius 3 is 2.70 bits per heavy atom. The van der Waals surface area contributed by atoms with E-state index >= 15 is 0 Å². The number of aryl methyl sites for hydroxylation is 1. The quantitative estimate of drug-likeness (QED) is 0.468. The number of carbonyl (C=O) groups is 2. The van der Waals surface area contributed by atoms with Crippen LogP contribution in [0.2, 0.25) is 0 Å². The zero-order valence-electron chi connectivity index (χ0n) is 17.8. The summed E-state index contributed by atoms with van der Waals surface area (Å²) in [5.74, 6) is 1.15. The average Bonchev–Trinajstić information content (AvgIpc) is 2.73. The predicted octanol–water partition coefficient (Wildman–Crippen LogP) is 4.11. The Hall–Kier alpha value is -2.42. The predicted molar refractivity (Wildman–Crippen MR) is 119 cm³/mol. The van der Waals surface area contributed by atoms with E-state index in [4.69, 9.17) is 21.7 Å². The van der Waals surface area contributed by atoms with Crippen LogP contribution in [-0.2, 0) is 15.9 Å². The summed E-state index contributed by atoms with van der Waals surface area (Å²) in [5.41, 5.74) is 0.959. The van der Waals surface area contributed by atoms with Crippen LogP contribution in [0.25, 0.3) is 0 Å². The number of hydrogen-bond donors (Lipinski definition) is 2. The molecule has 0 radical (unpaired) electrons. The maximum atomic E-state index is 12.0. The van der Waals surface area contributed by atoms with E-state index in [0.29, 0.717) is 18.3 Å². The molecule has 0 saturated carbocycles. The minimum atomic E-state index is -0.591. The highest BCUT2D eigenvalue weighted by molar-refractivity contribution is 7.80. The van der Waals surface area contributed by atoms with Gasteiger partial charge in [0.1, 0.15) is 5.82 Å². The number of likely N-dealkylation sites (tertiary alicyclic amines) is 1. The van der Waals surface area contributed by atoms with Gasteiger partial charge < -0.3 is 19.7 Å². The molecule has 0 bridgehead atoms. The number of alkyl carbamates (subject to hydrolysis) is 1. The molecule has 8 nitrogen and oxygen atoms in total. The smallest absolute Gasteiger partial charge is 0.413 e. The first-order valence-corrected chi connectivity index (χ1v) is 11.0. The zero-order valence-corrected chi connectivity index (χ0v) is 18.6. The number of hydrogen-bond acceptors (Lipinski definition) is 6. The minimum absolute atomic E-state index is 0.149. The number of rotatable bonds is 8. The summed E-state index contributed by atoms with van der Waals surface area (Å²) in [5, 5.41) is 5.49. The summed E-state index contributed by atoms with van der Waals surface area (Å²) < 4.78 is 10.1. The number of piperidine rings is 1. The van der Waals surface area contributed by atoms with Gasteiger partial charge in [-0.3, -0.25) is 5.32 Å². The maximum absolute atomic E-state index is 12.0. The maximum Gasteiger partial charge on any atom is 0.413 e. The van der Waals surface area contributed by atoms with Crippen molar-refractivity contribution in [3.05, 3.63) is 23.9 Å². The van der Waals surface area contributed by atoms with Crippen LogP contribution in [0.4, 0.5) is 15.4 Å². The molecular formula is C21H32N4O4S. The van der Waals surface area contributed by atoms with Crippen molar-refractivity contribution in [3.63, 3.8) is 0 Å². The van der Waals surface area contributed by atoms with Gasteiger partial charge in [-0.15, -0.1) is 0 Å². The number of anilines is 1. The van der Waals surface area contributed by atoms with Crippen molar-refractivity contribution in [1.29, 1.82) is 0 Å². The number of ether oxygens (including phenoxy) is 2. The van der Waals surface area contributed by atoms with Gasteiger partial charge in [0.2, 0.25) is 0 Å². The largest absolute Gasteiger partial charge is 0.450 e. The lowest BCUT2D eigenvalue weighted by atomic mass is 9.91. The Kier molecular flexibility index (Phi) is 10.3. The molecular weight excluding hydrogens is 404 g/mol. The van der Waals surface area contributed by atoms with E-state index in [1.54, 1.807) is 13.0 Å². The molecule has 0 spiro atoms. The Morgan fingerprint density at radius 2 is 2.00 bits per heavy atom. The number of carbonyl (C=O) groups excluding carboxylic acids is 2. The number of unbranched alkanes of at least 4 members (excludes halogenated alkanes) is 1. The average molecular weight is 437 g/mol. The Morgan fingerprint density at radius 1 is 1.23 bits per heavy atom. The molecule has 0 aliphatic carbocycles. The zero-order chi connectivity index (χ0) is 21.8. The van der Waals surface area contributed by atoms with Gasteiger partial charge in [0.25, 0.3) is 0 Å². The number of nitrogens with one attached hydrogen (secondary N) is 2. The van der Waals surface area contributed by atoms with Gasteiger partial charge in [-0.25, -0.2) is 14.6 Å². The third-order valence-corrected chi connectivity index (χ3v) is 5.15. The number of thiocarbonyl (C=S) groups is 1. The van der Waals surface area contributed by atoms with Crippen molar-refractivity contribution in [2.75, 3.05) is 31.6 Å². The Labute approximate surface area is 183 Å². The third kappa shape index (κ3) is 8.52. The number of pyridine rings is 1. The second-order valence-electron chi connectivity index (χ2n) is 7.25. The van der Waals surface area contributed by atoms with Crippen LogP contribution in [0.1, 0.15) is 51.6 Å². The second kappa shape index (κ2) is 13.0. The highest BCUT2D eigenvalue weighted by atomic mass is 32.1. The van der Waals surface area contributed by atoms with Crippen LogP contribution in [0.5, 0.6) is 0 Å². The van der Waals surface area contributed by atoms with Crippen LogP contribution in [0, 0.1) is 5.92 Å². The first-order valence-electron chi connectivity index (χ1n) is 10.6. The SMILES string of the molecule is CCCCOC(=O)N1CCC(CCc2cccc(NC(=S)NC(=O)OCC)n2)CC1. The van der Waals surface area contributed by atoms with Gasteiger partial charge in [0.15, 0.2) is 5.11 Å². The highest BCUT2D eigenvalue weighted by Gasteiger charge is 2.23. The van der Waals surface area contributed by atoms with Gasteiger partial charge >= 0.3 is 12.2 Å². The fraction of sp³-hybridized carbons (Fsp3) is 0.619. The van der Waals surface area contributed by atoms with Crippen molar-refractivity contribution in [2.45, 2.75) is 52.4 Å². The summed E-state index contributed by atoms with van der Waals surface area (Å²) in [4.78, 5) is 29.8. The van der Waals surface area contributed by atoms with Crippen LogP contribution < -0.4 is 10.6 Å². The molecule has 9 heteroatoms. The highest BCUT2D eigenvalue weighted by Crippen LogP contribution is 2.23. The summed E-state index contributed by atoms with van der Waals surface area (Å²) in [6.07, 6.45) is 4.98. The lowest BCUT2D eigenvalue weighted by Gasteiger charge is -2.31. The van der Waals surface area contributed by atoms with E-state index in [2.05, 4.69) is 22.5 Å².